The van der Waals surface area contributed by atoms with E-state index in [0.29, 0.717) is 0 Å². The molecule has 0 heterocycles. The second kappa shape index (κ2) is 3.64. The number of nitriles is 1. The Morgan fingerprint density at radius 1 is 1.78 bits per heavy atom. The van der Waals surface area contributed by atoms with E-state index in [1.54, 1.807) is 0 Å². The Balaban J connectivity index is 4.20. The number of aliphatic hydroxyl groups excluding tert-OH is 1. The lowest BCUT2D eigenvalue weighted by atomic mass is 10.3. The molecule has 0 unspecified atom stereocenters. The van der Waals surface area contributed by atoms with Gasteiger partial charge in [0, 0.05) is 0 Å². The number of hydrogen-bond acceptors (Lipinski definition) is 3. The average molecular weight is 127 g/mol. The summed E-state index contributed by atoms with van der Waals surface area (Å²) in [4.78, 5) is 9.92. The highest BCUT2D eigenvalue weighted by Gasteiger charge is 2.02. The zero-order valence-corrected chi connectivity index (χ0v) is 4.53. The van der Waals surface area contributed by atoms with Crippen LogP contribution < -0.4 is 0 Å². The molecule has 0 radical (unpaired) electrons. The van der Waals surface area contributed by atoms with Crippen LogP contribution in [0.3, 0.4) is 0 Å². The van der Waals surface area contributed by atoms with Crippen LogP contribution in [-0.4, -0.2) is 22.8 Å². The maximum Gasteiger partial charge on any atom is 0.346 e. The fraction of sp³-hybridized carbons (Fsp3) is 0.200. The van der Waals surface area contributed by atoms with E-state index in [9.17, 15) is 4.79 Å². The number of nitrogens with zero attached hydrogens (tertiary/aromatic N) is 1. The molecule has 0 amide bonds. The first-order valence-corrected chi connectivity index (χ1v) is 2.16. The Morgan fingerprint density at radius 3 is 2.44 bits per heavy atom. The molecule has 0 aliphatic rings. The molecule has 2 N–H and O–H groups in total. The maximum absolute atomic E-state index is 9.92. The van der Waals surface area contributed by atoms with Crippen LogP contribution in [0, 0.1) is 11.3 Å². The number of hydrogen-bond donors (Lipinski definition) is 2. The molecule has 0 aliphatic carbocycles. The van der Waals surface area contributed by atoms with Gasteiger partial charge in [-0.05, 0) is 6.08 Å². The van der Waals surface area contributed by atoms with E-state index in [1.807, 2.05) is 0 Å². The third-order valence-corrected chi connectivity index (χ3v) is 0.646. The summed E-state index contributed by atoms with van der Waals surface area (Å²) in [6, 6.07) is 1.40. The normalized spacial score (nSPS) is 10.4. The predicted octanol–water partition coefficient (Wildman–Crippen LogP) is -0.487. The van der Waals surface area contributed by atoms with Crippen LogP contribution in [0.2, 0.25) is 0 Å². The molecule has 0 aliphatic heterocycles. The summed E-state index contributed by atoms with van der Waals surface area (Å²) in [7, 11) is 0. The van der Waals surface area contributed by atoms with E-state index < -0.39 is 18.1 Å². The highest BCUT2D eigenvalue weighted by atomic mass is 16.4. The van der Waals surface area contributed by atoms with Gasteiger partial charge in [-0.25, -0.2) is 4.79 Å². The van der Waals surface area contributed by atoms with Crippen molar-refractivity contribution in [2.45, 2.75) is 0 Å². The van der Waals surface area contributed by atoms with Crippen molar-refractivity contribution in [2.75, 3.05) is 6.61 Å². The van der Waals surface area contributed by atoms with Gasteiger partial charge < -0.3 is 10.2 Å². The summed E-state index contributed by atoms with van der Waals surface area (Å²) in [5.74, 6) is -1.31. The second-order valence-corrected chi connectivity index (χ2v) is 1.22. The van der Waals surface area contributed by atoms with Crippen LogP contribution in [0.15, 0.2) is 11.6 Å². The molecule has 0 spiro atoms. The van der Waals surface area contributed by atoms with Crippen molar-refractivity contribution in [2.24, 2.45) is 0 Å². The van der Waals surface area contributed by atoms with E-state index in [-0.39, 0.29) is 0 Å². The zero-order valence-electron chi connectivity index (χ0n) is 4.53. The Labute approximate surface area is 51.7 Å². The minimum atomic E-state index is -1.31. The molecule has 0 aromatic carbocycles. The SMILES string of the molecule is N#CC(=CCO)C(=O)O. The van der Waals surface area contributed by atoms with Gasteiger partial charge in [-0.1, -0.05) is 0 Å². The Bertz CT molecular complexity index is 177. The minimum Gasteiger partial charge on any atom is -0.477 e. The summed E-state index contributed by atoms with van der Waals surface area (Å²) in [5.41, 5.74) is -0.433. The molecular formula is C5H5NO3. The smallest absolute Gasteiger partial charge is 0.346 e. The van der Waals surface area contributed by atoms with Crippen molar-refractivity contribution < 1.29 is 15.0 Å². The molecule has 0 fully saturated rings. The molecule has 9 heavy (non-hydrogen) atoms. The van der Waals surface area contributed by atoms with E-state index in [0.717, 1.165) is 6.08 Å². The van der Waals surface area contributed by atoms with Crippen molar-refractivity contribution in [1.82, 2.24) is 0 Å². The van der Waals surface area contributed by atoms with E-state index in [1.165, 1.54) is 6.07 Å². The molecule has 0 rings (SSSR count). The van der Waals surface area contributed by atoms with Crippen molar-refractivity contribution >= 4 is 5.97 Å². The summed E-state index contributed by atoms with van der Waals surface area (Å²) in [5, 5.41) is 24.2. The number of aliphatic carboxylic acids is 1. The largest absolute Gasteiger partial charge is 0.477 e. The van der Waals surface area contributed by atoms with Gasteiger partial charge in [0.15, 0.2) is 0 Å². The van der Waals surface area contributed by atoms with Gasteiger partial charge in [0.25, 0.3) is 0 Å². The van der Waals surface area contributed by atoms with Gasteiger partial charge in [-0.15, -0.1) is 0 Å². The average Bonchev–Trinajstić information content (AvgIpc) is 1.82. The monoisotopic (exact) mass is 127 g/mol. The van der Waals surface area contributed by atoms with Crippen molar-refractivity contribution in [3.63, 3.8) is 0 Å². The number of carboxylic acids is 1. The fourth-order valence-electron chi connectivity index (χ4n) is 0.272. The minimum absolute atomic E-state index is 0.421. The number of carbonyl (C=O) groups is 1. The third kappa shape index (κ3) is 2.46. The van der Waals surface area contributed by atoms with Crippen LogP contribution in [0.4, 0.5) is 0 Å². The summed E-state index contributed by atoms with van der Waals surface area (Å²) in [6.07, 6.45) is 0.933. The maximum atomic E-state index is 9.92. The molecule has 0 saturated heterocycles. The number of aliphatic hydroxyl groups is 1. The highest BCUT2D eigenvalue weighted by molar-refractivity contribution is 5.90. The van der Waals surface area contributed by atoms with E-state index in [2.05, 4.69) is 0 Å². The van der Waals surface area contributed by atoms with Crippen LogP contribution in [0.5, 0.6) is 0 Å². The molecule has 0 bridgehead atoms. The lowest BCUT2D eigenvalue weighted by Crippen LogP contribution is -1.98. The third-order valence-electron chi connectivity index (χ3n) is 0.646. The Kier molecular flexibility index (Phi) is 3.09. The molecule has 0 aromatic heterocycles. The van der Waals surface area contributed by atoms with Crippen LogP contribution in [0.25, 0.3) is 0 Å². The van der Waals surface area contributed by atoms with E-state index >= 15 is 0 Å². The van der Waals surface area contributed by atoms with Crippen molar-refractivity contribution in [1.29, 1.82) is 5.26 Å². The second-order valence-electron chi connectivity index (χ2n) is 1.22. The molecule has 48 valence electrons. The summed E-state index contributed by atoms with van der Waals surface area (Å²) < 4.78 is 0. The highest BCUT2D eigenvalue weighted by Crippen LogP contribution is 1.89. The van der Waals surface area contributed by atoms with Crippen LogP contribution in [0.1, 0.15) is 0 Å². The van der Waals surface area contributed by atoms with Crippen LogP contribution in [-0.2, 0) is 4.79 Å². The Morgan fingerprint density at radius 2 is 2.33 bits per heavy atom. The quantitative estimate of drug-likeness (QED) is 0.387. The van der Waals surface area contributed by atoms with Crippen molar-refractivity contribution in [3.05, 3.63) is 11.6 Å². The van der Waals surface area contributed by atoms with Gasteiger partial charge >= 0.3 is 5.97 Å². The molecule has 0 saturated carbocycles. The molecule has 4 heteroatoms. The Hall–Kier alpha value is -1.34. The summed E-state index contributed by atoms with van der Waals surface area (Å²) in [6.45, 7) is -0.421. The number of carboxylic acid groups (broad SMARTS) is 1. The topological polar surface area (TPSA) is 81.3 Å². The first-order chi connectivity index (χ1) is 4.22. The first-order valence-electron chi connectivity index (χ1n) is 2.16. The lowest BCUT2D eigenvalue weighted by molar-refractivity contribution is -0.132. The van der Waals surface area contributed by atoms with Crippen molar-refractivity contribution in [3.8, 4) is 6.07 Å². The standard InChI is InChI=1S/C5H5NO3/c6-3-4(1-2-7)5(8)9/h1,7H,2H2,(H,8,9). The fourth-order valence-corrected chi connectivity index (χ4v) is 0.272. The van der Waals surface area contributed by atoms with Gasteiger partial charge in [-0.3, -0.25) is 0 Å². The lowest BCUT2D eigenvalue weighted by Gasteiger charge is -1.84. The molecule has 0 aromatic rings. The van der Waals surface area contributed by atoms with Crippen LogP contribution >= 0.6 is 0 Å². The molecule has 4 nitrogen and oxygen atoms in total. The first kappa shape index (κ1) is 7.66. The van der Waals surface area contributed by atoms with E-state index in [4.69, 9.17) is 15.5 Å². The van der Waals surface area contributed by atoms with Gasteiger partial charge in [0.1, 0.15) is 11.6 Å². The number of rotatable bonds is 2. The zero-order chi connectivity index (χ0) is 7.28. The van der Waals surface area contributed by atoms with Gasteiger partial charge in [0.05, 0.1) is 6.61 Å². The molecule has 0 atom stereocenters. The van der Waals surface area contributed by atoms with Gasteiger partial charge in [0.2, 0.25) is 0 Å². The predicted molar refractivity (Wildman–Crippen MR) is 28.4 cm³/mol. The molecular weight excluding hydrogens is 122 g/mol. The van der Waals surface area contributed by atoms with Gasteiger partial charge in [-0.2, -0.15) is 5.26 Å². The summed E-state index contributed by atoms with van der Waals surface area (Å²) >= 11 is 0.